The molecule has 1 rings (SSSR count). The van der Waals surface area contributed by atoms with Crippen molar-refractivity contribution in [3.8, 4) is 0 Å². The predicted octanol–water partition coefficient (Wildman–Crippen LogP) is -1.78. The molecule has 1 aromatic carbocycles. The summed E-state index contributed by atoms with van der Waals surface area (Å²) in [6, 6.07) is 4.47. The molecule has 0 amide bonds. The fourth-order valence-electron chi connectivity index (χ4n) is 0.906. The summed E-state index contributed by atoms with van der Waals surface area (Å²) < 4.78 is 12.9. The fraction of sp³-hybridized carbons (Fsp3) is 0. The molecule has 0 aliphatic rings. The van der Waals surface area contributed by atoms with Crippen molar-refractivity contribution in [1.29, 1.82) is 0 Å². The Bertz CT molecular complexity index is 373. The van der Waals surface area contributed by atoms with Gasteiger partial charge in [-0.05, 0) is 5.56 Å². The molecule has 8 heteroatoms. The van der Waals surface area contributed by atoms with Crippen LogP contribution in [0, 0.1) is 32.2 Å². The number of halogens is 1. The molecule has 1 aromatic rings. The maximum absolute atomic E-state index is 12.9. The first-order valence-electron chi connectivity index (χ1n) is 3.44. The topological polar surface area (TPSA) is 86.3 Å². The minimum atomic E-state index is -1.36. The van der Waals surface area contributed by atoms with Crippen LogP contribution in [-0.2, 0) is 0 Å². The van der Waals surface area contributed by atoms with Crippen molar-refractivity contribution >= 4 is 0 Å². The van der Waals surface area contributed by atoms with E-state index in [-0.39, 0.29) is 51.4 Å². The van der Waals surface area contributed by atoms with Crippen molar-refractivity contribution in [1.82, 2.24) is 0 Å². The van der Waals surface area contributed by atoms with Crippen LogP contribution in [0.25, 0.3) is 0 Å². The summed E-state index contributed by atoms with van der Waals surface area (Å²) in [6.45, 7) is 0. The molecule has 0 aliphatic carbocycles. The Morgan fingerprint density at radius 3 is 2.00 bits per heavy atom. The van der Waals surface area contributed by atoms with Gasteiger partial charge in [-0.3, -0.25) is 24.6 Å². The summed E-state index contributed by atoms with van der Waals surface area (Å²) in [5.41, 5.74) is -0.623. The van der Waals surface area contributed by atoms with Crippen molar-refractivity contribution in [2.24, 2.45) is 0 Å². The van der Waals surface area contributed by atoms with Gasteiger partial charge in [0.1, 0.15) is 0 Å². The van der Waals surface area contributed by atoms with E-state index in [1.165, 1.54) is 12.1 Å². The molecule has 0 radical (unpaired) electrons. The van der Waals surface area contributed by atoms with Crippen molar-refractivity contribution in [2.45, 2.75) is 0 Å². The third-order valence-corrected chi connectivity index (χ3v) is 1.46. The summed E-state index contributed by atoms with van der Waals surface area (Å²) in [7, 11) is 0. The van der Waals surface area contributed by atoms with E-state index in [9.17, 15) is 24.6 Å². The van der Waals surface area contributed by atoms with E-state index in [4.69, 9.17) is 0 Å². The van der Waals surface area contributed by atoms with Crippen LogP contribution in [0.15, 0.2) is 24.3 Å². The number of nitro groups is 2. The van der Waals surface area contributed by atoms with Crippen molar-refractivity contribution in [2.75, 3.05) is 0 Å². The normalized spacial score (nSPS) is 8.87. The summed E-state index contributed by atoms with van der Waals surface area (Å²) in [5, 5.41) is 20.5. The van der Waals surface area contributed by atoms with Crippen LogP contribution in [0.2, 0.25) is 0 Å². The molecule has 0 heterocycles. The summed E-state index contributed by atoms with van der Waals surface area (Å²) in [4.78, 5) is 18.1. The summed E-state index contributed by atoms with van der Waals surface area (Å²) in [5.74, 6) is -0.990. The van der Waals surface area contributed by atoms with Crippen LogP contribution in [0.3, 0.4) is 0 Å². The third kappa shape index (κ3) is 3.50. The minimum absolute atomic E-state index is 0. The average Bonchev–Trinajstić information content (AvgIpc) is 2.07. The quantitative estimate of drug-likeness (QED) is 0.269. The zero-order valence-electron chi connectivity index (χ0n) is 7.71. The van der Waals surface area contributed by atoms with Crippen LogP contribution >= 0.6 is 0 Å². The molecule has 0 aliphatic heterocycles. The van der Waals surface area contributed by atoms with E-state index in [0.29, 0.717) is 0 Å². The third-order valence-electron chi connectivity index (χ3n) is 1.46. The molecule has 0 saturated heterocycles. The van der Waals surface area contributed by atoms with Gasteiger partial charge in [0.15, 0.2) is 0 Å². The van der Waals surface area contributed by atoms with Gasteiger partial charge in [0.25, 0.3) is 0 Å². The van der Waals surface area contributed by atoms with Gasteiger partial charge in [-0.15, -0.1) is 12.1 Å². The van der Waals surface area contributed by atoms with Crippen LogP contribution in [-0.4, -0.2) is 9.85 Å². The van der Waals surface area contributed by atoms with Gasteiger partial charge in [-0.25, -0.2) is 0 Å². The second kappa shape index (κ2) is 6.13. The Hall–Kier alpha value is -0.544. The van der Waals surface area contributed by atoms with Crippen LogP contribution in [0.4, 0.5) is 4.39 Å². The van der Waals surface area contributed by atoms with Gasteiger partial charge < -0.3 is 0 Å². The molecule has 6 nitrogen and oxygen atoms in total. The van der Waals surface area contributed by atoms with Gasteiger partial charge in [-0.1, -0.05) is 12.1 Å². The van der Waals surface area contributed by atoms with E-state index >= 15 is 0 Å². The van der Waals surface area contributed by atoms with E-state index in [1.807, 2.05) is 0 Å². The average molecular weight is 238 g/mol. The Morgan fingerprint density at radius 1 is 1.13 bits per heavy atom. The standard InChI is InChI=1S/C7H4FN2O4.K/c8-6-4-2-1-3-5(6)7(9(11)12)10(13)14;/h1-4H;/q-1;+1. The van der Waals surface area contributed by atoms with Gasteiger partial charge >= 0.3 is 57.6 Å². The maximum atomic E-state index is 12.9. The van der Waals surface area contributed by atoms with E-state index in [2.05, 4.69) is 0 Å². The molecule has 0 saturated carbocycles. The maximum Gasteiger partial charge on any atom is 1.00 e. The molecule has 0 atom stereocenters. The Labute approximate surface area is 126 Å². The summed E-state index contributed by atoms with van der Waals surface area (Å²) in [6.07, 6.45) is -1.36. The van der Waals surface area contributed by atoms with Gasteiger partial charge in [0, 0.05) is 5.82 Å². The van der Waals surface area contributed by atoms with Gasteiger partial charge in [-0.2, -0.15) is 0 Å². The number of rotatable bonds is 3. The second-order valence-corrected chi connectivity index (χ2v) is 2.32. The van der Waals surface area contributed by atoms with Gasteiger partial charge in [0.05, 0.1) is 9.85 Å². The van der Waals surface area contributed by atoms with Crippen LogP contribution < -0.4 is 51.4 Å². The largest absolute Gasteiger partial charge is 1.00 e. The monoisotopic (exact) mass is 238 g/mol. The fourth-order valence-corrected chi connectivity index (χ4v) is 0.906. The molecular formula is C7H4FKN2O4. The molecule has 0 spiro atoms. The SMILES string of the molecule is O=[N+]([O-])[C-](c1ccccc1F)[N+](=O)[O-].[K+]. The number of nitrogens with zero attached hydrogens (tertiary/aromatic N) is 2. The molecule has 15 heavy (non-hydrogen) atoms. The van der Waals surface area contributed by atoms with Crippen molar-refractivity contribution in [3.63, 3.8) is 0 Å². The Morgan fingerprint density at radius 2 is 1.60 bits per heavy atom. The molecule has 0 aromatic heterocycles. The minimum Gasteiger partial charge on any atom is -0.283 e. The number of benzene rings is 1. The summed E-state index contributed by atoms with van der Waals surface area (Å²) >= 11 is 0. The van der Waals surface area contributed by atoms with E-state index < -0.39 is 27.4 Å². The molecule has 0 unspecified atom stereocenters. The molecule has 0 fully saturated rings. The Balaban J connectivity index is 0.00000196. The molecule has 0 bridgehead atoms. The second-order valence-electron chi connectivity index (χ2n) is 2.32. The molecular weight excluding hydrogens is 234 g/mol. The first kappa shape index (κ1) is 14.5. The molecule has 0 N–H and O–H groups in total. The molecule has 74 valence electrons. The van der Waals surface area contributed by atoms with E-state index in [0.717, 1.165) is 12.1 Å². The van der Waals surface area contributed by atoms with Crippen LogP contribution in [0.1, 0.15) is 5.56 Å². The first-order chi connectivity index (χ1) is 6.54. The number of hydrogen-bond acceptors (Lipinski definition) is 4. The first-order valence-corrected chi connectivity index (χ1v) is 3.44. The zero-order chi connectivity index (χ0) is 10.7. The van der Waals surface area contributed by atoms with Crippen molar-refractivity contribution in [3.05, 3.63) is 62.0 Å². The van der Waals surface area contributed by atoms with Gasteiger partial charge in [0.2, 0.25) is 0 Å². The smallest absolute Gasteiger partial charge is 0.283 e. The van der Waals surface area contributed by atoms with Crippen molar-refractivity contribution < 1.29 is 65.6 Å². The number of hydrogen-bond donors (Lipinski definition) is 0. The van der Waals surface area contributed by atoms with Crippen LogP contribution in [0.5, 0.6) is 0 Å². The van der Waals surface area contributed by atoms with E-state index in [1.54, 1.807) is 0 Å². The Kier molecular flexibility index (Phi) is 5.91. The zero-order valence-corrected chi connectivity index (χ0v) is 10.8. The predicted molar refractivity (Wildman–Crippen MR) is 42.7 cm³/mol.